The smallest absolute Gasteiger partial charge is 0.335 e. The van der Waals surface area contributed by atoms with Crippen molar-refractivity contribution in [1.82, 2.24) is 0 Å². The Balaban J connectivity index is 2.81. The first-order valence-corrected chi connectivity index (χ1v) is 4.89. The molecule has 0 aromatic heterocycles. The molecule has 0 aromatic carbocycles. The summed E-state index contributed by atoms with van der Waals surface area (Å²) in [4.78, 5) is 11.2. The van der Waals surface area contributed by atoms with Gasteiger partial charge in [-0.2, -0.15) is 0 Å². The third-order valence-corrected chi connectivity index (χ3v) is 2.59. The molecular weight excluding hydrogens is 211 g/mol. The van der Waals surface area contributed by atoms with Crippen molar-refractivity contribution in [3.63, 3.8) is 0 Å². The Bertz CT molecular complexity index is 248. The van der Waals surface area contributed by atoms with Crippen molar-refractivity contribution >= 4 is 29.2 Å². The van der Waals surface area contributed by atoms with Crippen LogP contribution in [0.25, 0.3) is 0 Å². The Morgan fingerprint density at radius 3 is 2.77 bits per heavy atom. The second-order valence-electron chi connectivity index (χ2n) is 2.79. The fourth-order valence-corrected chi connectivity index (χ4v) is 1.94. The third kappa shape index (κ3) is 2.06. The Morgan fingerprint density at radius 2 is 2.31 bits per heavy atom. The summed E-state index contributed by atoms with van der Waals surface area (Å²) in [5.41, 5.74) is 1.71. The van der Waals surface area contributed by atoms with E-state index < -0.39 is 0 Å². The number of halogens is 2. The van der Waals surface area contributed by atoms with E-state index in [1.165, 1.54) is 5.54 Å². The standard InChI is InChI=1S/C9H10Cl2O2/c1-2-3-8-6(4-10)7(5-11)9(12)13-8/h2,5-6,8H,1,3-4H2/b7-5-/t6-,8+/m1/s1. The lowest BCUT2D eigenvalue weighted by molar-refractivity contribution is -0.138. The van der Waals surface area contributed by atoms with E-state index in [1.807, 2.05) is 0 Å². The Kier molecular flexibility index (Phi) is 3.82. The van der Waals surface area contributed by atoms with Crippen LogP contribution in [0.5, 0.6) is 0 Å². The molecule has 1 heterocycles. The van der Waals surface area contributed by atoms with Crippen LogP contribution in [-0.4, -0.2) is 18.0 Å². The molecule has 1 aliphatic heterocycles. The van der Waals surface area contributed by atoms with Gasteiger partial charge in [0.2, 0.25) is 0 Å². The molecule has 2 nitrogen and oxygen atoms in total. The van der Waals surface area contributed by atoms with Crippen LogP contribution in [0.15, 0.2) is 23.8 Å². The molecule has 1 aliphatic rings. The largest absolute Gasteiger partial charge is 0.458 e. The number of esters is 1. The first kappa shape index (κ1) is 10.6. The summed E-state index contributed by atoms with van der Waals surface area (Å²) in [6.07, 6.45) is 2.11. The summed E-state index contributed by atoms with van der Waals surface area (Å²) in [6.45, 7) is 3.58. The lowest BCUT2D eigenvalue weighted by Crippen LogP contribution is -2.17. The fourth-order valence-electron chi connectivity index (χ4n) is 1.32. The van der Waals surface area contributed by atoms with Crippen LogP contribution >= 0.6 is 23.2 Å². The average molecular weight is 221 g/mol. The molecule has 0 radical (unpaired) electrons. The van der Waals surface area contributed by atoms with E-state index in [0.717, 1.165) is 0 Å². The van der Waals surface area contributed by atoms with Gasteiger partial charge in [0, 0.05) is 23.8 Å². The van der Waals surface area contributed by atoms with E-state index in [0.29, 0.717) is 17.9 Å². The molecule has 0 aromatic rings. The number of alkyl halides is 1. The van der Waals surface area contributed by atoms with Gasteiger partial charge >= 0.3 is 5.97 Å². The highest BCUT2D eigenvalue weighted by molar-refractivity contribution is 6.28. The van der Waals surface area contributed by atoms with E-state index >= 15 is 0 Å². The summed E-state index contributed by atoms with van der Waals surface area (Å²) >= 11 is 11.2. The molecule has 0 amide bonds. The SMILES string of the molecule is C=CC[C@@H]1OC(=O)/C(=C\Cl)[C@H]1CCl. The summed E-state index contributed by atoms with van der Waals surface area (Å²) in [6, 6.07) is 0. The van der Waals surface area contributed by atoms with E-state index in [-0.39, 0.29) is 18.0 Å². The second-order valence-corrected chi connectivity index (χ2v) is 3.32. The molecule has 2 atom stereocenters. The van der Waals surface area contributed by atoms with Gasteiger partial charge in [0.15, 0.2) is 0 Å². The summed E-state index contributed by atoms with van der Waals surface area (Å²) in [5, 5.41) is 0. The van der Waals surface area contributed by atoms with Gasteiger partial charge in [-0.1, -0.05) is 17.7 Å². The molecular formula is C9H10Cl2O2. The van der Waals surface area contributed by atoms with Crippen molar-refractivity contribution in [2.75, 3.05) is 5.88 Å². The van der Waals surface area contributed by atoms with Crippen LogP contribution in [0.4, 0.5) is 0 Å². The molecule has 72 valence electrons. The number of ether oxygens (including phenoxy) is 1. The molecule has 1 fully saturated rings. The maximum Gasteiger partial charge on any atom is 0.335 e. The van der Waals surface area contributed by atoms with Gasteiger partial charge in [0.25, 0.3) is 0 Å². The van der Waals surface area contributed by atoms with Crippen LogP contribution < -0.4 is 0 Å². The number of cyclic esters (lactones) is 1. The van der Waals surface area contributed by atoms with Gasteiger partial charge in [0.05, 0.1) is 5.57 Å². The predicted octanol–water partition coefficient (Wildman–Crippen LogP) is 2.47. The minimum Gasteiger partial charge on any atom is -0.458 e. The van der Waals surface area contributed by atoms with Crippen molar-refractivity contribution in [3.8, 4) is 0 Å². The first-order chi connectivity index (χ1) is 6.24. The monoisotopic (exact) mass is 220 g/mol. The topological polar surface area (TPSA) is 26.3 Å². The highest BCUT2D eigenvalue weighted by Crippen LogP contribution is 2.31. The predicted molar refractivity (Wildman–Crippen MR) is 52.8 cm³/mol. The van der Waals surface area contributed by atoms with Crippen LogP contribution in [0.2, 0.25) is 0 Å². The Morgan fingerprint density at radius 1 is 1.62 bits per heavy atom. The molecule has 1 saturated heterocycles. The Labute approximate surface area is 87.2 Å². The molecule has 4 heteroatoms. The molecule has 1 rings (SSSR count). The zero-order chi connectivity index (χ0) is 9.84. The van der Waals surface area contributed by atoms with Gasteiger partial charge in [-0.25, -0.2) is 4.79 Å². The molecule has 0 bridgehead atoms. The highest BCUT2D eigenvalue weighted by Gasteiger charge is 2.38. The highest BCUT2D eigenvalue weighted by atomic mass is 35.5. The number of carbonyl (C=O) groups excluding carboxylic acids is 1. The van der Waals surface area contributed by atoms with E-state index in [9.17, 15) is 4.79 Å². The van der Waals surface area contributed by atoms with Gasteiger partial charge in [-0.15, -0.1) is 18.2 Å². The number of hydrogen-bond donors (Lipinski definition) is 0. The number of rotatable bonds is 3. The fraction of sp³-hybridized carbons (Fsp3) is 0.444. The zero-order valence-electron chi connectivity index (χ0n) is 7.00. The molecule has 0 unspecified atom stereocenters. The second kappa shape index (κ2) is 4.68. The van der Waals surface area contributed by atoms with Gasteiger partial charge < -0.3 is 4.74 Å². The molecule has 0 saturated carbocycles. The van der Waals surface area contributed by atoms with Gasteiger partial charge in [-0.05, 0) is 0 Å². The van der Waals surface area contributed by atoms with E-state index in [4.69, 9.17) is 27.9 Å². The first-order valence-electron chi connectivity index (χ1n) is 3.92. The van der Waals surface area contributed by atoms with Crippen LogP contribution in [0.1, 0.15) is 6.42 Å². The minimum atomic E-state index is -0.368. The van der Waals surface area contributed by atoms with Crippen LogP contribution in [0.3, 0.4) is 0 Å². The lowest BCUT2D eigenvalue weighted by atomic mass is 9.97. The van der Waals surface area contributed by atoms with E-state index in [1.54, 1.807) is 6.08 Å². The average Bonchev–Trinajstić information content (AvgIpc) is 2.41. The number of carbonyl (C=O) groups is 1. The van der Waals surface area contributed by atoms with Crippen LogP contribution in [0, 0.1) is 5.92 Å². The van der Waals surface area contributed by atoms with Crippen molar-refractivity contribution in [2.45, 2.75) is 12.5 Å². The number of hydrogen-bond acceptors (Lipinski definition) is 2. The van der Waals surface area contributed by atoms with Crippen LogP contribution in [-0.2, 0) is 9.53 Å². The molecule has 0 N–H and O–H groups in total. The molecule has 0 aliphatic carbocycles. The zero-order valence-corrected chi connectivity index (χ0v) is 8.52. The summed E-state index contributed by atoms with van der Waals surface area (Å²) < 4.78 is 5.06. The third-order valence-electron chi connectivity index (χ3n) is 2.03. The quantitative estimate of drug-likeness (QED) is 0.316. The van der Waals surface area contributed by atoms with Crippen molar-refractivity contribution in [1.29, 1.82) is 0 Å². The maximum absolute atomic E-state index is 11.2. The Hall–Kier alpha value is -0.470. The van der Waals surface area contributed by atoms with Crippen molar-refractivity contribution in [3.05, 3.63) is 23.8 Å². The van der Waals surface area contributed by atoms with Gasteiger partial charge in [-0.3, -0.25) is 0 Å². The van der Waals surface area contributed by atoms with Crippen molar-refractivity contribution in [2.24, 2.45) is 5.92 Å². The molecule has 13 heavy (non-hydrogen) atoms. The minimum absolute atomic E-state index is 0.107. The van der Waals surface area contributed by atoms with Crippen molar-refractivity contribution < 1.29 is 9.53 Å². The maximum atomic E-state index is 11.2. The van der Waals surface area contributed by atoms with Gasteiger partial charge in [0.1, 0.15) is 6.10 Å². The molecule has 0 spiro atoms. The van der Waals surface area contributed by atoms with E-state index in [2.05, 4.69) is 6.58 Å². The lowest BCUT2D eigenvalue weighted by Gasteiger charge is -2.12. The summed E-state index contributed by atoms with van der Waals surface area (Å²) in [5.74, 6) is -0.139. The summed E-state index contributed by atoms with van der Waals surface area (Å²) in [7, 11) is 0. The normalized spacial score (nSPS) is 30.6.